The van der Waals surface area contributed by atoms with Gasteiger partial charge in [0.05, 0.1) is 0 Å². The number of hydrogen-bond acceptors (Lipinski definition) is 2. The number of rotatable bonds is 3. The van der Waals surface area contributed by atoms with E-state index >= 15 is 0 Å². The summed E-state index contributed by atoms with van der Waals surface area (Å²) in [4.78, 5) is 29.0. The van der Waals surface area contributed by atoms with Crippen LogP contribution in [0.25, 0.3) is 0 Å². The van der Waals surface area contributed by atoms with E-state index in [0.29, 0.717) is 36.8 Å². The molecule has 2 atom stereocenters. The molecule has 0 spiro atoms. The van der Waals surface area contributed by atoms with Crippen LogP contribution < -0.4 is 5.32 Å². The molecule has 0 aromatic carbocycles. The molecule has 134 valence electrons. The predicted octanol–water partition coefficient (Wildman–Crippen LogP) is 2.78. The number of nitrogens with zero attached hydrogens (tertiary/aromatic N) is 2. The van der Waals surface area contributed by atoms with Crippen molar-refractivity contribution < 1.29 is 9.59 Å². The van der Waals surface area contributed by atoms with Gasteiger partial charge in [-0.15, -0.1) is 6.58 Å². The number of likely N-dealkylation sites (tertiary alicyclic amines) is 2. The van der Waals surface area contributed by atoms with E-state index in [-0.39, 0.29) is 6.03 Å². The first-order valence-corrected chi connectivity index (χ1v) is 9.62. The molecule has 0 aromatic heterocycles. The lowest BCUT2D eigenvalue weighted by molar-refractivity contribution is -0.134. The van der Waals surface area contributed by atoms with E-state index in [0.717, 1.165) is 32.5 Å². The maximum absolute atomic E-state index is 12.7. The molecule has 3 aliphatic rings. The molecule has 1 N–H and O–H groups in total. The molecule has 0 unspecified atom stereocenters. The highest BCUT2D eigenvalue weighted by Gasteiger charge is 2.38. The minimum Gasteiger partial charge on any atom is -0.340 e. The van der Waals surface area contributed by atoms with Gasteiger partial charge in [0.2, 0.25) is 5.91 Å². The Balaban J connectivity index is 1.59. The Kier molecular flexibility index (Phi) is 5.80. The highest BCUT2D eigenvalue weighted by Crippen LogP contribution is 2.34. The Morgan fingerprint density at radius 2 is 1.88 bits per heavy atom. The molecule has 3 amide bonds. The Morgan fingerprint density at radius 3 is 2.62 bits per heavy atom. The SMILES string of the molecule is C=CCNC(=O)N1CC[C@H]2CC(=O)N(C3CCCCC3)CC[C@H]2C1. The van der Waals surface area contributed by atoms with E-state index in [1.165, 1.54) is 32.1 Å². The maximum atomic E-state index is 12.7. The van der Waals surface area contributed by atoms with Crippen LogP contribution in [0.4, 0.5) is 4.79 Å². The molecule has 3 rings (SSSR count). The van der Waals surface area contributed by atoms with Crippen molar-refractivity contribution in [3.05, 3.63) is 12.7 Å². The number of carbonyl (C=O) groups excluding carboxylic acids is 2. The molecule has 0 radical (unpaired) electrons. The second-order valence-corrected chi connectivity index (χ2v) is 7.60. The van der Waals surface area contributed by atoms with Crippen LogP contribution in [-0.4, -0.2) is 54.0 Å². The summed E-state index contributed by atoms with van der Waals surface area (Å²) in [7, 11) is 0. The number of piperidine rings is 1. The van der Waals surface area contributed by atoms with Crippen molar-refractivity contribution in [1.29, 1.82) is 0 Å². The first-order valence-electron chi connectivity index (χ1n) is 9.62. The lowest BCUT2D eigenvalue weighted by Gasteiger charge is -2.37. The minimum atomic E-state index is 0.00746. The van der Waals surface area contributed by atoms with E-state index in [1.807, 2.05) is 4.90 Å². The molecule has 24 heavy (non-hydrogen) atoms. The van der Waals surface area contributed by atoms with Crippen molar-refractivity contribution in [2.24, 2.45) is 11.8 Å². The first-order chi connectivity index (χ1) is 11.7. The Hall–Kier alpha value is -1.52. The summed E-state index contributed by atoms with van der Waals surface area (Å²) in [5.74, 6) is 1.28. The highest BCUT2D eigenvalue weighted by atomic mass is 16.2. The quantitative estimate of drug-likeness (QED) is 0.808. The van der Waals surface area contributed by atoms with Crippen LogP contribution in [-0.2, 0) is 4.79 Å². The number of hydrogen-bond donors (Lipinski definition) is 1. The summed E-state index contributed by atoms with van der Waals surface area (Å²) >= 11 is 0. The van der Waals surface area contributed by atoms with Gasteiger partial charge in [0, 0.05) is 38.6 Å². The molecule has 5 nitrogen and oxygen atoms in total. The monoisotopic (exact) mass is 333 g/mol. The second-order valence-electron chi connectivity index (χ2n) is 7.60. The van der Waals surface area contributed by atoms with E-state index in [2.05, 4.69) is 16.8 Å². The molecule has 2 aliphatic heterocycles. The van der Waals surface area contributed by atoms with Gasteiger partial charge in [-0.25, -0.2) is 4.79 Å². The zero-order valence-electron chi connectivity index (χ0n) is 14.7. The molecule has 0 aromatic rings. The first kappa shape index (κ1) is 17.3. The number of urea groups is 1. The normalized spacial score (nSPS) is 28.9. The van der Waals surface area contributed by atoms with Gasteiger partial charge >= 0.3 is 6.03 Å². The smallest absolute Gasteiger partial charge is 0.317 e. The second kappa shape index (κ2) is 8.04. The minimum absolute atomic E-state index is 0.00746. The summed E-state index contributed by atoms with van der Waals surface area (Å²) in [6.07, 6.45) is 10.6. The number of fused-ring (bicyclic) bond motifs is 1. The molecular weight excluding hydrogens is 302 g/mol. The van der Waals surface area contributed by atoms with Crippen molar-refractivity contribution in [3.63, 3.8) is 0 Å². The average Bonchev–Trinajstić information content (AvgIpc) is 2.78. The van der Waals surface area contributed by atoms with Crippen LogP contribution in [0, 0.1) is 11.8 Å². The lowest BCUT2D eigenvalue weighted by Crippen LogP contribution is -2.48. The molecule has 1 aliphatic carbocycles. The Labute approximate surface area is 145 Å². The molecule has 1 saturated carbocycles. The Bertz CT molecular complexity index is 473. The topological polar surface area (TPSA) is 52.7 Å². The van der Waals surface area contributed by atoms with Crippen LogP contribution in [0.1, 0.15) is 51.4 Å². The third kappa shape index (κ3) is 3.93. The number of nitrogens with one attached hydrogen (secondary N) is 1. The van der Waals surface area contributed by atoms with Gasteiger partial charge in [-0.05, 0) is 37.5 Å². The van der Waals surface area contributed by atoms with Gasteiger partial charge < -0.3 is 15.1 Å². The van der Waals surface area contributed by atoms with E-state index in [4.69, 9.17) is 0 Å². The van der Waals surface area contributed by atoms with E-state index in [1.54, 1.807) is 6.08 Å². The van der Waals surface area contributed by atoms with Crippen molar-refractivity contribution in [2.75, 3.05) is 26.2 Å². The zero-order valence-corrected chi connectivity index (χ0v) is 14.7. The average molecular weight is 333 g/mol. The van der Waals surface area contributed by atoms with Gasteiger partial charge in [0.1, 0.15) is 0 Å². The van der Waals surface area contributed by atoms with Crippen molar-refractivity contribution >= 4 is 11.9 Å². The predicted molar refractivity (Wildman–Crippen MR) is 94.6 cm³/mol. The van der Waals surface area contributed by atoms with Crippen molar-refractivity contribution in [1.82, 2.24) is 15.1 Å². The Morgan fingerprint density at radius 1 is 1.12 bits per heavy atom. The lowest BCUT2D eigenvalue weighted by atomic mass is 9.82. The van der Waals surface area contributed by atoms with Crippen LogP contribution in [0.3, 0.4) is 0 Å². The summed E-state index contributed by atoms with van der Waals surface area (Å²) < 4.78 is 0. The number of carbonyl (C=O) groups is 2. The van der Waals surface area contributed by atoms with Gasteiger partial charge in [0.15, 0.2) is 0 Å². The van der Waals surface area contributed by atoms with Crippen LogP contribution >= 0.6 is 0 Å². The molecule has 0 bridgehead atoms. The van der Waals surface area contributed by atoms with Crippen LogP contribution in [0.15, 0.2) is 12.7 Å². The van der Waals surface area contributed by atoms with Gasteiger partial charge in [-0.2, -0.15) is 0 Å². The van der Waals surface area contributed by atoms with Crippen molar-refractivity contribution in [3.8, 4) is 0 Å². The molecule has 5 heteroatoms. The third-order valence-corrected chi connectivity index (χ3v) is 6.09. The third-order valence-electron chi connectivity index (χ3n) is 6.09. The fourth-order valence-corrected chi connectivity index (χ4v) is 4.68. The summed E-state index contributed by atoms with van der Waals surface area (Å²) in [6, 6.07) is 0.478. The largest absolute Gasteiger partial charge is 0.340 e. The van der Waals surface area contributed by atoms with Crippen molar-refractivity contribution in [2.45, 2.75) is 57.4 Å². The summed E-state index contributed by atoms with van der Waals surface area (Å²) in [5.41, 5.74) is 0. The maximum Gasteiger partial charge on any atom is 0.317 e. The molecule has 2 heterocycles. The number of amides is 3. The van der Waals surface area contributed by atoms with Gasteiger partial charge in [0.25, 0.3) is 0 Å². The summed E-state index contributed by atoms with van der Waals surface area (Å²) in [5, 5.41) is 2.87. The van der Waals surface area contributed by atoms with Crippen LogP contribution in [0.5, 0.6) is 0 Å². The zero-order chi connectivity index (χ0) is 16.9. The van der Waals surface area contributed by atoms with Crippen LogP contribution in [0.2, 0.25) is 0 Å². The standard InChI is InChI=1S/C19H31N3O2/c1-2-10-20-19(24)21-11-8-15-13-18(23)22(12-9-16(15)14-21)17-6-4-3-5-7-17/h2,15-17H,1,3-14H2,(H,20,24)/t15-,16-/m0/s1. The summed E-state index contributed by atoms with van der Waals surface area (Å²) in [6.45, 7) is 6.59. The molecule has 2 saturated heterocycles. The van der Waals surface area contributed by atoms with E-state index < -0.39 is 0 Å². The van der Waals surface area contributed by atoms with Gasteiger partial charge in [-0.3, -0.25) is 4.79 Å². The molecule has 3 fully saturated rings. The fraction of sp³-hybridized carbons (Fsp3) is 0.789. The fourth-order valence-electron chi connectivity index (χ4n) is 4.68. The molecular formula is C19H31N3O2. The highest BCUT2D eigenvalue weighted by molar-refractivity contribution is 5.77. The van der Waals surface area contributed by atoms with Gasteiger partial charge in [-0.1, -0.05) is 25.3 Å². The van der Waals surface area contributed by atoms with E-state index in [9.17, 15) is 9.59 Å².